The Hall–Kier alpha value is -1.85. The van der Waals surface area contributed by atoms with E-state index in [-0.39, 0.29) is 0 Å². The first-order valence-electron chi connectivity index (χ1n) is 5.62. The average molecular weight is 237 g/mol. The smallest absolute Gasteiger partial charge is 0.316 e. The van der Waals surface area contributed by atoms with Crippen molar-refractivity contribution in [3.63, 3.8) is 0 Å². The normalized spacial score (nSPS) is 11.4. The molecule has 0 aliphatic carbocycles. The summed E-state index contributed by atoms with van der Waals surface area (Å²) in [4.78, 5) is 14.4. The number of guanidine groups is 1. The third kappa shape index (κ3) is 3.90. The van der Waals surface area contributed by atoms with Crippen molar-refractivity contribution in [1.29, 1.82) is 0 Å². The molecule has 0 aliphatic rings. The Bertz CT molecular complexity index is 376. The third-order valence-corrected chi connectivity index (χ3v) is 2.36. The molecule has 1 rings (SSSR count). The number of ether oxygens (including phenoxy) is 1. The van der Waals surface area contributed by atoms with Crippen LogP contribution in [0.25, 0.3) is 0 Å². The molecule has 2 N–H and O–H groups in total. The SMILES string of the molecule is CCN(CC)C(N)=NCc1ccnc(OC)n1. The van der Waals surface area contributed by atoms with E-state index in [9.17, 15) is 0 Å². The predicted molar refractivity (Wildman–Crippen MR) is 66.8 cm³/mol. The van der Waals surface area contributed by atoms with Crippen LogP contribution in [-0.2, 0) is 6.54 Å². The minimum atomic E-state index is 0.346. The van der Waals surface area contributed by atoms with Crippen LogP contribution in [0.4, 0.5) is 0 Å². The van der Waals surface area contributed by atoms with E-state index in [0.29, 0.717) is 18.5 Å². The van der Waals surface area contributed by atoms with Crippen molar-refractivity contribution in [2.24, 2.45) is 10.7 Å². The van der Waals surface area contributed by atoms with Crippen LogP contribution in [0.15, 0.2) is 17.3 Å². The molecular formula is C11H19N5O. The summed E-state index contributed by atoms with van der Waals surface area (Å²) in [6.45, 7) is 6.21. The van der Waals surface area contributed by atoms with Crippen LogP contribution in [-0.4, -0.2) is 41.0 Å². The Labute approximate surface area is 102 Å². The summed E-state index contributed by atoms with van der Waals surface area (Å²) in [6.07, 6.45) is 1.64. The van der Waals surface area contributed by atoms with E-state index in [1.165, 1.54) is 7.11 Å². The fourth-order valence-electron chi connectivity index (χ4n) is 1.37. The number of methoxy groups -OCH3 is 1. The van der Waals surface area contributed by atoms with Gasteiger partial charge >= 0.3 is 6.01 Å². The maximum Gasteiger partial charge on any atom is 0.316 e. The third-order valence-electron chi connectivity index (χ3n) is 2.36. The lowest BCUT2D eigenvalue weighted by Gasteiger charge is -2.19. The summed E-state index contributed by atoms with van der Waals surface area (Å²) >= 11 is 0. The number of aliphatic imine (C=N–C) groups is 1. The summed E-state index contributed by atoms with van der Waals surface area (Å²) in [5.41, 5.74) is 6.64. The van der Waals surface area contributed by atoms with Gasteiger partial charge in [0.05, 0.1) is 19.3 Å². The molecule has 0 fully saturated rings. The van der Waals surface area contributed by atoms with E-state index >= 15 is 0 Å². The van der Waals surface area contributed by atoms with Crippen LogP contribution in [0, 0.1) is 0 Å². The number of hydrogen-bond acceptors (Lipinski definition) is 4. The molecule has 1 heterocycles. The van der Waals surface area contributed by atoms with Gasteiger partial charge < -0.3 is 15.4 Å². The molecule has 0 atom stereocenters. The first-order chi connectivity index (χ1) is 8.21. The van der Waals surface area contributed by atoms with Crippen molar-refractivity contribution < 1.29 is 4.74 Å². The van der Waals surface area contributed by atoms with Crippen molar-refractivity contribution in [2.45, 2.75) is 20.4 Å². The molecule has 6 heteroatoms. The van der Waals surface area contributed by atoms with E-state index in [1.54, 1.807) is 12.3 Å². The van der Waals surface area contributed by atoms with Crippen molar-refractivity contribution in [3.8, 4) is 6.01 Å². The van der Waals surface area contributed by atoms with E-state index in [2.05, 4.69) is 15.0 Å². The van der Waals surface area contributed by atoms with Gasteiger partial charge in [0.25, 0.3) is 0 Å². The second-order valence-corrected chi connectivity index (χ2v) is 3.38. The van der Waals surface area contributed by atoms with Crippen LogP contribution in [0.2, 0.25) is 0 Å². The highest BCUT2D eigenvalue weighted by atomic mass is 16.5. The van der Waals surface area contributed by atoms with Crippen LogP contribution < -0.4 is 10.5 Å². The zero-order chi connectivity index (χ0) is 12.7. The highest BCUT2D eigenvalue weighted by Crippen LogP contribution is 2.03. The number of rotatable bonds is 5. The zero-order valence-electron chi connectivity index (χ0n) is 10.6. The molecule has 0 spiro atoms. The van der Waals surface area contributed by atoms with Crippen LogP contribution in [0.5, 0.6) is 6.01 Å². The fourth-order valence-corrected chi connectivity index (χ4v) is 1.37. The number of aromatic nitrogens is 2. The largest absolute Gasteiger partial charge is 0.467 e. The second-order valence-electron chi connectivity index (χ2n) is 3.38. The predicted octanol–water partition coefficient (Wildman–Crippen LogP) is 0.642. The molecule has 0 saturated heterocycles. The van der Waals surface area contributed by atoms with E-state index < -0.39 is 0 Å². The first kappa shape index (κ1) is 13.2. The molecule has 0 bridgehead atoms. The minimum absolute atomic E-state index is 0.346. The van der Waals surface area contributed by atoms with Crippen LogP contribution in [0.1, 0.15) is 19.5 Å². The Morgan fingerprint density at radius 3 is 2.76 bits per heavy atom. The Morgan fingerprint density at radius 2 is 2.18 bits per heavy atom. The quantitative estimate of drug-likeness (QED) is 0.600. The van der Waals surface area contributed by atoms with E-state index in [1.807, 2.05) is 18.7 Å². The maximum atomic E-state index is 5.86. The topological polar surface area (TPSA) is 76.6 Å². The van der Waals surface area contributed by atoms with Gasteiger partial charge in [-0.05, 0) is 19.9 Å². The van der Waals surface area contributed by atoms with Crippen LogP contribution in [0.3, 0.4) is 0 Å². The lowest BCUT2D eigenvalue weighted by Crippen LogP contribution is -2.37. The summed E-state index contributed by atoms with van der Waals surface area (Å²) in [5, 5.41) is 0. The van der Waals surface area contributed by atoms with Crippen LogP contribution >= 0.6 is 0 Å². The lowest BCUT2D eigenvalue weighted by atomic mass is 10.4. The van der Waals surface area contributed by atoms with Gasteiger partial charge in [-0.2, -0.15) is 4.98 Å². The van der Waals surface area contributed by atoms with Crippen molar-refractivity contribution in [2.75, 3.05) is 20.2 Å². The molecule has 0 amide bonds. The molecule has 0 radical (unpaired) electrons. The first-order valence-corrected chi connectivity index (χ1v) is 5.62. The van der Waals surface area contributed by atoms with Crippen molar-refractivity contribution in [1.82, 2.24) is 14.9 Å². The van der Waals surface area contributed by atoms with Gasteiger partial charge in [-0.3, -0.25) is 0 Å². The molecule has 1 aromatic heterocycles. The molecule has 0 aliphatic heterocycles. The Morgan fingerprint density at radius 1 is 1.47 bits per heavy atom. The number of nitrogens with two attached hydrogens (primary N) is 1. The highest BCUT2D eigenvalue weighted by Gasteiger charge is 2.03. The highest BCUT2D eigenvalue weighted by molar-refractivity contribution is 5.77. The van der Waals surface area contributed by atoms with Gasteiger partial charge in [0.2, 0.25) is 0 Å². The zero-order valence-corrected chi connectivity index (χ0v) is 10.6. The second kappa shape index (κ2) is 6.67. The van der Waals surface area contributed by atoms with Crippen molar-refractivity contribution >= 4 is 5.96 Å². The van der Waals surface area contributed by atoms with E-state index in [0.717, 1.165) is 18.8 Å². The number of hydrogen-bond donors (Lipinski definition) is 1. The molecular weight excluding hydrogens is 218 g/mol. The molecule has 94 valence electrons. The van der Waals surface area contributed by atoms with Crippen molar-refractivity contribution in [3.05, 3.63) is 18.0 Å². The van der Waals surface area contributed by atoms with Gasteiger partial charge in [0, 0.05) is 19.3 Å². The molecule has 17 heavy (non-hydrogen) atoms. The molecule has 0 unspecified atom stereocenters. The average Bonchev–Trinajstić information content (AvgIpc) is 2.38. The maximum absolute atomic E-state index is 5.86. The van der Waals surface area contributed by atoms with Gasteiger partial charge in [-0.15, -0.1) is 0 Å². The standard InChI is InChI=1S/C11H19N5O/c1-4-16(5-2)10(12)14-8-9-6-7-13-11(15-9)17-3/h6-7H,4-5,8H2,1-3H3,(H2,12,14). The van der Waals surface area contributed by atoms with Gasteiger partial charge in [0.1, 0.15) is 0 Å². The number of nitrogens with zero attached hydrogens (tertiary/aromatic N) is 4. The monoisotopic (exact) mass is 237 g/mol. The summed E-state index contributed by atoms with van der Waals surface area (Å²) in [5.74, 6) is 0.535. The fraction of sp³-hybridized carbons (Fsp3) is 0.545. The van der Waals surface area contributed by atoms with Gasteiger partial charge in [-0.1, -0.05) is 0 Å². The Balaban J connectivity index is 2.67. The molecule has 0 saturated carbocycles. The molecule has 0 aromatic carbocycles. The van der Waals surface area contributed by atoms with Gasteiger partial charge in [-0.25, -0.2) is 9.98 Å². The Kier molecular flexibility index (Phi) is 5.19. The molecule has 6 nitrogen and oxygen atoms in total. The summed E-state index contributed by atoms with van der Waals surface area (Å²) < 4.78 is 4.94. The summed E-state index contributed by atoms with van der Waals surface area (Å²) in [7, 11) is 1.53. The van der Waals surface area contributed by atoms with E-state index in [4.69, 9.17) is 10.5 Å². The molecule has 1 aromatic rings. The minimum Gasteiger partial charge on any atom is -0.467 e. The lowest BCUT2D eigenvalue weighted by molar-refractivity contribution is 0.378. The summed E-state index contributed by atoms with van der Waals surface area (Å²) in [6, 6.07) is 2.14. The van der Waals surface area contributed by atoms with Gasteiger partial charge in [0.15, 0.2) is 5.96 Å².